The van der Waals surface area contributed by atoms with Gasteiger partial charge in [0.05, 0.1) is 0 Å². The van der Waals surface area contributed by atoms with Crippen molar-refractivity contribution in [3.05, 3.63) is 0 Å². The lowest BCUT2D eigenvalue weighted by Gasteiger charge is -2.23. The van der Waals surface area contributed by atoms with E-state index in [4.69, 9.17) is 0 Å². The monoisotopic (exact) mass is 158 g/mol. The largest absolute Gasteiger partial charge is 0.382 e. The summed E-state index contributed by atoms with van der Waals surface area (Å²) in [5.41, 5.74) is -1.04. The molecule has 0 saturated carbocycles. The summed E-state index contributed by atoms with van der Waals surface area (Å²) in [7, 11) is 0. The molecule has 0 spiro atoms. The molecule has 66 valence electrons. The van der Waals surface area contributed by atoms with Crippen LogP contribution < -0.4 is 0 Å². The lowest BCUT2D eigenvalue weighted by molar-refractivity contribution is -0.138. The van der Waals surface area contributed by atoms with E-state index < -0.39 is 5.60 Å². The van der Waals surface area contributed by atoms with Gasteiger partial charge in [0.1, 0.15) is 5.60 Å². The molecule has 2 heteroatoms. The molecule has 0 aromatic rings. The molecule has 11 heavy (non-hydrogen) atoms. The first-order valence-corrected chi connectivity index (χ1v) is 4.36. The van der Waals surface area contributed by atoms with Crippen LogP contribution in [0.25, 0.3) is 0 Å². The van der Waals surface area contributed by atoms with Crippen LogP contribution in [-0.4, -0.2) is 16.5 Å². The van der Waals surface area contributed by atoms with Gasteiger partial charge < -0.3 is 5.11 Å². The maximum Gasteiger partial charge on any atom is 0.164 e. The fourth-order valence-electron chi connectivity index (χ4n) is 1.26. The van der Waals surface area contributed by atoms with E-state index in [0.717, 1.165) is 6.42 Å². The number of rotatable bonds is 5. The summed E-state index contributed by atoms with van der Waals surface area (Å²) in [4.78, 5) is 11.2. The number of carbonyl (C=O) groups excluding carboxylic acids is 1. The average molecular weight is 158 g/mol. The summed E-state index contributed by atoms with van der Waals surface area (Å²) in [5, 5.41) is 9.74. The Hall–Kier alpha value is -0.370. The maximum atomic E-state index is 11.2. The SMILES string of the molecule is CCCC(O)(CC)C(=O)CC. The van der Waals surface area contributed by atoms with Crippen molar-refractivity contribution in [1.29, 1.82) is 0 Å². The lowest BCUT2D eigenvalue weighted by Crippen LogP contribution is -2.37. The molecule has 0 aromatic carbocycles. The Balaban J connectivity index is 4.19. The Morgan fingerprint density at radius 3 is 2.18 bits per heavy atom. The van der Waals surface area contributed by atoms with Gasteiger partial charge in [0, 0.05) is 6.42 Å². The van der Waals surface area contributed by atoms with Crippen molar-refractivity contribution in [2.45, 2.75) is 52.1 Å². The highest BCUT2D eigenvalue weighted by atomic mass is 16.3. The summed E-state index contributed by atoms with van der Waals surface area (Å²) in [6.07, 6.45) is 2.42. The molecule has 2 nitrogen and oxygen atoms in total. The molecule has 0 heterocycles. The van der Waals surface area contributed by atoms with Crippen molar-refractivity contribution in [3.8, 4) is 0 Å². The van der Waals surface area contributed by atoms with Crippen LogP contribution in [0.1, 0.15) is 46.5 Å². The summed E-state index contributed by atoms with van der Waals surface area (Å²) < 4.78 is 0. The topological polar surface area (TPSA) is 37.3 Å². The molecule has 0 amide bonds. The maximum absolute atomic E-state index is 11.2. The van der Waals surface area contributed by atoms with Gasteiger partial charge in [-0.15, -0.1) is 0 Å². The molecule has 0 aliphatic rings. The highest BCUT2D eigenvalue weighted by Gasteiger charge is 2.30. The van der Waals surface area contributed by atoms with Crippen molar-refractivity contribution in [2.75, 3.05) is 0 Å². The molecule has 0 bridgehead atoms. The van der Waals surface area contributed by atoms with Crippen LogP contribution in [0.3, 0.4) is 0 Å². The van der Waals surface area contributed by atoms with Gasteiger partial charge in [-0.25, -0.2) is 0 Å². The highest BCUT2D eigenvalue weighted by molar-refractivity contribution is 5.86. The summed E-state index contributed by atoms with van der Waals surface area (Å²) in [6.45, 7) is 5.62. The van der Waals surface area contributed by atoms with Crippen LogP contribution in [0.4, 0.5) is 0 Å². The molecule has 1 N–H and O–H groups in total. The predicted octanol–water partition coefficient (Wildman–Crippen LogP) is 1.91. The van der Waals surface area contributed by atoms with Gasteiger partial charge in [-0.2, -0.15) is 0 Å². The quantitative estimate of drug-likeness (QED) is 0.663. The zero-order chi connectivity index (χ0) is 8.91. The van der Waals surface area contributed by atoms with Crippen LogP contribution in [0.5, 0.6) is 0 Å². The first-order chi connectivity index (χ1) is 5.10. The summed E-state index contributed by atoms with van der Waals surface area (Å²) >= 11 is 0. The van der Waals surface area contributed by atoms with E-state index in [1.165, 1.54) is 0 Å². The summed E-state index contributed by atoms with van der Waals surface area (Å²) in [6, 6.07) is 0. The Morgan fingerprint density at radius 2 is 1.91 bits per heavy atom. The van der Waals surface area contributed by atoms with Crippen molar-refractivity contribution in [3.63, 3.8) is 0 Å². The van der Waals surface area contributed by atoms with Crippen LogP contribution >= 0.6 is 0 Å². The normalized spacial score (nSPS) is 16.0. The third-order valence-corrected chi connectivity index (χ3v) is 2.09. The van der Waals surface area contributed by atoms with Gasteiger partial charge in [-0.1, -0.05) is 27.2 Å². The Bertz CT molecular complexity index is 132. The first kappa shape index (κ1) is 10.6. The van der Waals surface area contributed by atoms with E-state index >= 15 is 0 Å². The Morgan fingerprint density at radius 1 is 1.36 bits per heavy atom. The second kappa shape index (κ2) is 4.50. The zero-order valence-electron chi connectivity index (χ0n) is 7.68. The van der Waals surface area contributed by atoms with E-state index in [0.29, 0.717) is 19.3 Å². The molecule has 1 atom stereocenters. The standard InChI is InChI=1S/C9H18O2/c1-4-7-9(11,6-3)8(10)5-2/h11H,4-7H2,1-3H3. The van der Waals surface area contributed by atoms with Crippen molar-refractivity contribution in [1.82, 2.24) is 0 Å². The third-order valence-electron chi connectivity index (χ3n) is 2.09. The van der Waals surface area contributed by atoms with E-state index in [1.54, 1.807) is 6.92 Å². The first-order valence-electron chi connectivity index (χ1n) is 4.36. The molecular formula is C9H18O2. The number of carbonyl (C=O) groups is 1. The predicted molar refractivity (Wildman–Crippen MR) is 45.4 cm³/mol. The summed E-state index contributed by atoms with van der Waals surface area (Å²) in [5.74, 6) is -0.0261. The van der Waals surface area contributed by atoms with E-state index in [1.807, 2.05) is 13.8 Å². The van der Waals surface area contributed by atoms with Gasteiger partial charge in [0.15, 0.2) is 5.78 Å². The Labute approximate surface area is 68.6 Å². The molecule has 0 radical (unpaired) electrons. The average Bonchev–Trinajstić information content (AvgIpc) is 2.03. The van der Waals surface area contributed by atoms with Crippen LogP contribution in [0.2, 0.25) is 0 Å². The van der Waals surface area contributed by atoms with E-state index in [2.05, 4.69) is 0 Å². The van der Waals surface area contributed by atoms with Crippen molar-refractivity contribution >= 4 is 5.78 Å². The molecule has 1 unspecified atom stereocenters. The number of ketones is 1. The van der Waals surface area contributed by atoms with Gasteiger partial charge in [-0.3, -0.25) is 4.79 Å². The van der Waals surface area contributed by atoms with Gasteiger partial charge in [0.25, 0.3) is 0 Å². The van der Waals surface area contributed by atoms with Crippen LogP contribution in [-0.2, 0) is 4.79 Å². The molecule has 0 rings (SSSR count). The minimum absolute atomic E-state index is 0.0261. The minimum Gasteiger partial charge on any atom is -0.382 e. The molecule has 0 aromatic heterocycles. The van der Waals surface area contributed by atoms with Crippen molar-refractivity contribution < 1.29 is 9.90 Å². The van der Waals surface area contributed by atoms with Crippen LogP contribution in [0, 0.1) is 0 Å². The Kier molecular flexibility index (Phi) is 4.34. The van der Waals surface area contributed by atoms with E-state index in [-0.39, 0.29) is 5.78 Å². The number of aliphatic hydroxyl groups is 1. The molecule has 0 fully saturated rings. The minimum atomic E-state index is -1.04. The van der Waals surface area contributed by atoms with Gasteiger partial charge >= 0.3 is 0 Å². The molecule has 0 aliphatic heterocycles. The second-order valence-electron chi connectivity index (χ2n) is 2.91. The number of Topliss-reactive ketones (excluding diaryl/α,β-unsaturated/α-hetero) is 1. The number of hydrogen-bond acceptors (Lipinski definition) is 2. The third kappa shape index (κ3) is 2.62. The van der Waals surface area contributed by atoms with Crippen LogP contribution in [0.15, 0.2) is 0 Å². The fraction of sp³-hybridized carbons (Fsp3) is 0.889. The van der Waals surface area contributed by atoms with Gasteiger partial charge in [-0.05, 0) is 12.8 Å². The second-order valence-corrected chi connectivity index (χ2v) is 2.91. The highest BCUT2D eigenvalue weighted by Crippen LogP contribution is 2.19. The van der Waals surface area contributed by atoms with Crippen molar-refractivity contribution in [2.24, 2.45) is 0 Å². The lowest BCUT2D eigenvalue weighted by atomic mass is 9.89. The van der Waals surface area contributed by atoms with E-state index in [9.17, 15) is 9.90 Å². The zero-order valence-corrected chi connectivity index (χ0v) is 7.68. The smallest absolute Gasteiger partial charge is 0.164 e. The molecular weight excluding hydrogens is 140 g/mol. The van der Waals surface area contributed by atoms with Gasteiger partial charge in [0.2, 0.25) is 0 Å². The molecule has 0 saturated heterocycles. The fourth-order valence-corrected chi connectivity index (χ4v) is 1.26. The number of hydrogen-bond donors (Lipinski definition) is 1. The molecule has 0 aliphatic carbocycles.